The van der Waals surface area contributed by atoms with Crippen molar-refractivity contribution in [2.75, 3.05) is 26.9 Å². The van der Waals surface area contributed by atoms with Crippen molar-refractivity contribution in [1.82, 2.24) is 10.3 Å². The molecule has 0 aromatic carbocycles. The Labute approximate surface area is 113 Å². The van der Waals surface area contributed by atoms with Gasteiger partial charge in [0.25, 0.3) is 0 Å². The minimum absolute atomic E-state index is 0.224. The van der Waals surface area contributed by atoms with E-state index in [1.165, 1.54) is 0 Å². The molecule has 0 spiro atoms. The summed E-state index contributed by atoms with van der Waals surface area (Å²) in [4.78, 5) is 4.77. The number of morpholine rings is 1. The summed E-state index contributed by atoms with van der Waals surface area (Å²) in [6, 6.07) is 0.229. The van der Waals surface area contributed by atoms with Crippen LogP contribution in [0.15, 0.2) is 5.38 Å². The van der Waals surface area contributed by atoms with Crippen LogP contribution in [-0.2, 0) is 15.1 Å². The summed E-state index contributed by atoms with van der Waals surface area (Å²) in [6.07, 6.45) is 1.89. The molecule has 18 heavy (non-hydrogen) atoms. The van der Waals surface area contributed by atoms with E-state index in [0.717, 1.165) is 36.7 Å². The summed E-state index contributed by atoms with van der Waals surface area (Å²) < 4.78 is 11.2. The second-order valence-electron chi connectivity index (χ2n) is 4.56. The van der Waals surface area contributed by atoms with Gasteiger partial charge in [0.15, 0.2) is 0 Å². The predicted molar refractivity (Wildman–Crippen MR) is 72.9 cm³/mol. The lowest BCUT2D eigenvalue weighted by atomic mass is 9.98. The topological polar surface area (TPSA) is 43.4 Å². The van der Waals surface area contributed by atoms with Crippen LogP contribution < -0.4 is 5.32 Å². The highest BCUT2D eigenvalue weighted by molar-refractivity contribution is 7.09. The highest BCUT2D eigenvalue weighted by Crippen LogP contribution is 2.35. The Kier molecular flexibility index (Phi) is 4.72. The van der Waals surface area contributed by atoms with Crippen molar-refractivity contribution in [1.29, 1.82) is 0 Å². The normalized spacial score (nSPS) is 21.2. The Morgan fingerprint density at radius 3 is 2.89 bits per heavy atom. The van der Waals surface area contributed by atoms with E-state index >= 15 is 0 Å². The molecule has 0 amide bonds. The van der Waals surface area contributed by atoms with Gasteiger partial charge in [-0.15, -0.1) is 11.3 Å². The first-order chi connectivity index (χ1) is 8.75. The maximum absolute atomic E-state index is 5.72. The van der Waals surface area contributed by atoms with E-state index < -0.39 is 0 Å². The van der Waals surface area contributed by atoms with Crippen molar-refractivity contribution in [3.63, 3.8) is 0 Å². The second kappa shape index (κ2) is 6.10. The van der Waals surface area contributed by atoms with E-state index in [-0.39, 0.29) is 11.6 Å². The Balaban J connectivity index is 2.18. The molecule has 4 nitrogen and oxygen atoms in total. The Bertz CT molecular complexity index is 363. The van der Waals surface area contributed by atoms with Crippen LogP contribution >= 0.6 is 11.3 Å². The molecule has 1 atom stereocenters. The second-order valence-corrected chi connectivity index (χ2v) is 5.42. The van der Waals surface area contributed by atoms with Crippen LogP contribution in [0.1, 0.15) is 43.4 Å². The Hall–Kier alpha value is -0.490. The molecule has 102 valence electrons. The quantitative estimate of drug-likeness (QED) is 0.892. The molecule has 0 saturated carbocycles. The maximum atomic E-state index is 5.72. The van der Waals surface area contributed by atoms with Gasteiger partial charge < -0.3 is 14.8 Å². The molecule has 1 saturated heterocycles. The van der Waals surface area contributed by atoms with Gasteiger partial charge in [0.05, 0.1) is 24.9 Å². The van der Waals surface area contributed by atoms with Crippen molar-refractivity contribution in [2.45, 2.75) is 38.3 Å². The third-order valence-electron chi connectivity index (χ3n) is 3.72. The van der Waals surface area contributed by atoms with Crippen LogP contribution in [0.25, 0.3) is 0 Å². The zero-order chi connectivity index (χ0) is 13.0. The molecule has 0 radical (unpaired) electrons. The highest BCUT2D eigenvalue weighted by atomic mass is 32.1. The molecular formula is C13H22N2O2S. The monoisotopic (exact) mass is 270 g/mol. The molecule has 1 aliphatic heterocycles. The molecule has 1 N–H and O–H groups in total. The van der Waals surface area contributed by atoms with Crippen LogP contribution in [0, 0.1) is 0 Å². The van der Waals surface area contributed by atoms with Crippen LogP contribution in [0.2, 0.25) is 0 Å². The smallest absolute Gasteiger partial charge is 0.125 e. The molecule has 0 aliphatic carbocycles. The zero-order valence-electron chi connectivity index (χ0n) is 11.4. The van der Waals surface area contributed by atoms with Crippen molar-refractivity contribution >= 4 is 11.3 Å². The van der Waals surface area contributed by atoms with Gasteiger partial charge in [-0.1, -0.05) is 13.8 Å². The Morgan fingerprint density at radius 1 is 1.56 bits per heavy atom. The van der Waals surface area contributed by atoms with E-state index in [0.29, 0.717) is 6.61 Å². The fourth-order valence-electron chi connectivity index (χ4n) is 2.34. The van der Waals surface area contributed by atoms with Gasteiger partial charge in [-0.05, 0) is 12.8 Å². The molecule has 1 aromatic rings. The standard InChI is InChI=1S/C13H22N2O2S/c1-4-13(5-2,16-3)12-15-11(9-18-12)10-8-17-7-6-14-10/h9-10,14H,4-8H2,1-3H3. The fraction of sp³-hybridized carbons (Fsp3) is 0.769. The van der Waals surface area contributed by atoms with Crippen molar-refractivity contribution in [3.8, 4) is 0 Å². The number of nitrogens with one attached hydrogen (secondary N) is 1. The largest absolute Gasteiger partial charge is 0.378 e. The third kappa shape index (κ3) is 2.59. The lowest BCUT2D eigenvalue weighted by Gasteiger charge is -2.28. The molecule has 2 heterocycles. The molecule has 1 aromatic heterocycles. The van der Waals surface area contributed by atoms with Crippen LogP contribution in [0.4, 0.5) is 0 Å². The number of nitrogens with zero attached hydrogens (tertiary/aromatic N) is 1. The summed E-state index contributed by atoms with van der Waals surface area (Å²) in [5.41, 5.74) is 0.858. The van der Waals surface area contributed by atoms with Crippen LogP contribution in [0.3, 0.4) is 0 Å². The molecular weight excluding hydrogens is 248 g/mol. The van der Waals surface area contributed by atoms with Gasteiger partial charge in [0, 0.05) is 19.0 Å². The average Bonchev–Trinajstić information content (AvgIpc) is 2.93. The first-order valence-electron chi connectivity index (χ1n) is 6.58. The minimum Gasteiger partial charge on any atom is -0.378 e. The summed E-state index contributed by atoms with van der Waals surface area (Å²) in [5.74, 6) is 0. The number of methoxy groups -OCH3 is 1. The lowest BCUT2D eigenvalue weighted by molar-refractivity contribution is -0.0221. The van der Waals surface area contributed by atoms with Crippen molar-refractivity contribution in [2.24, 2.45) is 0 Å². The van der Waals surface area contributed by atoms with E-state index in [4.69, 9.17) is 14.5 Å². The average molecular weight is 270 g/mol. The molecule has 0 bridgehead atoms. The van der Waals surface area contributed by atoms with Crippen molar-refractivity contribution < 1.29 is 9.47 Å². The van der Waals surface area contributed by atoms with Gasteiger partial charge in [-0.25, -0.2) is 4.98 Å². The number of ether oxygens (including phenoxy) is 2. The van der Waals surface area contributed by atoms with Gasteiger partial charge in [-0.2, -0.15) is 0 Å². The summed E-state index contributed by atoms with van der Waals surface area (Å²) in [5, 5.41) is 6.64. The molecule has 1 fully saturated rings. The predicted octanol–water partition coefficient (Wildman–Crippen LogP) is 2.47. The molecule has 1 aliphatic rings. The minimum atomic E-state index is -0.224. The van der Waals surface area contributed by atoms with Gasteiger partial charge in [0.2, 0.25) is 0 Å². The Morgan fingerprint density at radius 2 is 2.33 bits per heavy atom. The SMILES string of the molecule is CCC(CC)(OC)c1nc(C2COCCN2)cs1. The van der Waals surface area contributed by atoms with Gasteiger partial charge in [-0.3, -0.25) is 0 Å². The molecule has 1 unspecified atom stereocenters. The first kappa shape index (κ1) is 13.9. The maximum Gasteiger partial charge on any atom is 0.125 e. The van der Waals surface area contributed by atoms with E-state index in [2.05, 4.69) is 24.5 Å². The summed E-state index contributed by atoms with van der Waals surface area (Å²) in [6.45, 7) is 6.70. The number of aromatic nitrogens is 1. The van der Waals surface area contributed by atoms with Gasteiger partial charge in [0.1, 0.15) is 10.6 Å². The summed E-state index contributed by atoms with van der Waals surface area (Å²) in [7, 11) is 1.77. The fourth-order valence-corrected chi connectivity index (χ4v) is 3.53. The zero-order valence-corrected chi connectivity index (χ0v) is 12.2. The molecule has 2 rings (SSSR count). The van der Waals surface area contributed by atoms with Crippen LogP contribution in [-0.4, -0.2) is 31.9 Å². The highest BCUT2D eigenvalue weighted by Gasteiger charge is 2.32. The molecule has 5 heteroatoms. The van der Waals surface area contributed by atoms with Gasteiger partial charge >= 0.3 is 0 Å². The number of thiazole rings is 1. The summed E-state index contributed by atoms with van der Waals surface area (Å²) >= 11 is 1.69. The first-order valence-corrected chi connectivity index (χ1v) is 7.46. The van der Waals surface area contributed by atoms with E-state index in [1.807, 2.05) is 0 Å². The lowest BCUT2D eigenvalue weighted by Crippen LogP contribution is -2.35. The van der Waals surface area contributed by atoms with E-state index in [9.17, 15) is 0 Å². The van der Waals surface area contributed by atoms with Crippen molar-refractivity contribution in [3.05, 3.63) is 16.1 Å². The number of hydrogen-bond donors (Lipinski definition) is 1. The number of rotatable bonds is 5. The number of hydrogen-bond acceptors (Lipinski definition) is 5. The third-order valence-corrected chi connectivity index (χ3v) is 4.77. The van der Waals surface area contributed by atoms with E-state index in [1.54, 1.807) is 18.4 Å². The van der Waals surface area contributed by atoms with Crippen LogP contribution in [0.5, 0.6) is 0 Å².